The van der Waals surface area contributed by atoms with Gasteiger partial charge in [-0.1, -0.05) is 47.5 Å². The molecule has 33 heavy (non-hydrogen) atoms. The molecular formula is C25H19ClN2O4S. The van der Waals surface area contributed by atoms with Crippen molar-refractivity contribution in [1.29, 1.82) is 0 Å². The zero-order valence-electron chi connectivity index (χ0n) is 17.8. The highest BCUT2D eigenvalue weighted by Crippen LogP contribution is 2.36. The minimum absolute atomic E-state index is 0.247. The topological polar surface area (TPSA) is 77.0 Å². The summed E-state index contributed by atoms with van der Waals surface area (Å²) in [5.74, 6) is -0.290. The Balaban J connectivity index is 1.46. The van der Waals surface area contributed by atoms with Gasteiger partial charge in [0.05, 0.1) is 18.3 Å². The highest BCUT2D eigenvalue weighted by Gasteiger charge is 2.20. The number of esters is 1. The minimum atomic E-state index is -0.564. The predicted molar refractivity (Wildman–Crippen MR) is 131 cm³/mol. The van der Waals surface area contributed by atoms with Crippen molar-refractivity contribution < 1.29 is 19.1 Å². The van der Waals surface area contributed by atoms with E-state index in [1.165, 1.54) is 24.7 Å². The smallest absolute Gasteiger partial charge is 0.355 e. The lowest BCUT2D eigenvalue weighted by Crippen LogP contribution is -2.17. The summed E-state index contributed by atoms with van der Waals surface area (Å²) < 4.78 is 11.8. The van der Waals surface area contributed by atoms with E-state index in [9.17, 15) is 9.59 Å². The molecule has 0 radical (unpaired) electrons. The lowest BCUT2D eigenvalue weighted by atomic mass is 10.1. The van der Waals surface area contributed by atoms with Gasteiger partial charge in [-0.3, -0.25) is 4.79 Å². The number of amides is 1. The van der Waals surface area contributed by atoms with Gasteiger partial charge >= 0.3 is 5.97 Å². The van der Waals surface area contributed by atoms with E-state index in [1.54, 1.807) is 30.3 Å². The van der Waals surface area contributed by atoms with Crippen molar-refractivity contribution in [2.75, 3.05) is 7.11 Å². The van der Waals surface area contributed by atoms with Gasteiger partial charge in [0.15, 0.2) is 11.5 Å². The molecule has 0 aliphatic rings. The Kier molecular flexibility index (Phi) is 6.72. The molecule has 0 saturated carbocycles. The molecule has 0 aliphatic heterocycles. The van der Waals surface area contributed by atoms with Crippen LogP contribution in [0.4, 0.5) is 0 Å². The molecule has 0 aliphatic carbocycles. The zero-order valence-corrected chi connectivity index (χ0v) is 19.4. The Morgan fingerprint density at radius 2 is 1.79 bits per heavy atom. The molecule has 1 heterocycles. The van der Waals surface area contributed by atoms with Gasteiger partial charge in [0, 0.05) is 15.6 Å². The van der Waals surface area contributed by atoms with Crippen LogP contribution in [0.1, 0.15) is 31.2 Å². The third-order valence-electron chi connectivity index (χ3n) is 4.80. The summed E-state index contributed by atoms with van der Waals surface area (Å²) in [5.41, 5.74) is 4.71. The number of hydrogen-bond donors (Lipinski definition) is 1. The summed E-state index contributed by atoms with van der Waals surface area (Å²) in [4.78, 5) is 25.2. The molecule has 6 nitrogen and oxygen atoms in total. The molecule has 1 amide bonds. The lowest BCUT2D eigenvalue weighted by Gasteiger charge is -2.09. The number of halogens is 1. The number of thiophene rings is 1. The molecule has 0 bridgehead atoms. The molecule has 3 aromatic carbocycles. The van der Waals surface area contributed by atoms with Crippen LogP contribution >= 0.6 is 22.9 Å². The summed E-state index contributed by atoms with van der Waals surface area (Å²) in [6, 6.07) is 19.6. The second-order valence-electron chi connectivity index (χ2n) is 7.11. The van der Waals surface area contributed by atoms with Crippen molar-refractivity contribution in [3.8, 4) is 11.5 Å². The van der Waals surface area contributed by atoms with Crippen LogP contribution in [0.2, 0.25) is 5.02 Å². The van der Waals surface area contributed by atoms with Crippen LogP contribution in [0.5, 0.6) is 11.5 Å². The van der Waals surface area contributed by atoms with Gasteiger partial charge in [-0.15, -0.1) is 11.3 Å². The molecule has 0 saturated heterocycles. The van der Waals surface area contributed by atoms with E-state index >= 15 is 0 Å². The number of carbonyl (C=O) groups is 2. The lowest BCUT2D eigenvalue weighted by molar-refractivity contribution is 0.0734. The van der Waals surface area contributed by atoms with Crippen LogP contribution in [0.25, 0.3) is 10.1 Å². The molecule has 4 aromatic rings. The van der Waals surface area contributed by atoms with E-state index in [1.807, 2.05) is 43.3 Å². The van der Waals surface area contributed by atoms with E-state index in [-0.39, 0.29) is 11.7 Å². The number of ether oxygens (including phenoxy) is 2. The first kappa shape index (κ1) is 22.5. The van der Waals surface area contributed by atoms with Crippen LogP contribution < -0.4 is 14.9 Å². The Morgan fingerprint density at radius 1 is 1.03 bits per heavy atom. The molecule has 0 fully saturated rings. The molecule has 166 valence electrons. The maximum Gasteiger partial charge on any atom is 0.355 e. The van der Waals surface area contributed by atoms with Crippen LogP contribution in [0, 0.1) is 6.92 Å². The molecule has 4 rings (SSSR count). The number of fused-ring (bicyclic) bond motifs is 1. The van der Waals surface area contributed by atoms with E-state index in [0.717, 1.165) is 15.6 Å². The fourth-order valence-corrected chi connectivity index (χ4v) is 4.46. The number of carbonyl (C=O) groups excluding carboxylic acids is 2. The average molecular weight is 479 g/mol. The van der Waals surface area contributed by atoms with Crippen molar-refractivity contribution in [3.63, 3.8) is 0 Å². The fourth-order valence-electron chi connectivity index (χ4n) is 3.08. The average Bonchev–Trinajstić information content (AvgIpc) is 3.17. The van der Waals surface area contributed by atoms with Crippen LogP contribution in [0.15, 0.2) is 71.8 Å². The predicted octanol–water partition coefficient (Wildman–Crippen LogP) is 5.85. The summed E-state index contributed by atoms with van der Waals surface area (Å²) in [7, 11) is 1.47. The largest absolute Gasteiger partial charge is 0.493 e. The second kappa shape index (κ2) is 9.85. The van der Waals surface area contributed by atoms with Gasteiger partial charge in [0.1, 0.15) is 4.88 Å². The Hall–Kier alpha value is -3.68. The molecule has 0 spiro atoms. The van der Waals surface area contributed by atoms with E-state index in [0.29, 0.717) is 26.8 Å². The van der Waals surface area contributed by atoms with Crippen molar-refractivity contribution in [2.45, 2.75) is 6.92 Å². The van der Waals surface area contributed by atoms with Crippen molar-refractivity contribution in [2.24, 2.45) is 5.10 Å². The summed E-state index contributed by atoms with van der Waals surface area (Å²) in [5, 5.41) is 5.16. The molecule has 8 heteroatoms. The minimum Gasteiger partial charge on any atom is -0.493 e. The maximum absolute atomic E-state index is 12.7. The first-order chi connectivity index (χ1) is 16.0. The monoisotopic (exact) mass is 478 g/mol. The normalized spacial score (nSPS) is 11.0. The highest BCUT2D eigenvalue weighted by molar-refractivity contribution is 7.21. The maximum atomic E-state index is 12.7. The number of nitrogens with one attached hydrogen (secondary N) is 1. The Morgan fingerprint density at radius 3 is 2.52 bits per heavy atom. The summed E-state index contributed by atoms with van der Waals surface area (Å²) in [6.07, 6.45) is 1.48. The first-order valence-corrected chi connectivity index (χ1v) is 11.1. The zero-order chi connectivity index (χ0) is 23.4. The van der Waals surface area contributed by atoms with Gasteiger partial charge in [-0.05, 0) is 48.9 Å². The van der Waals surface area contributed by atoms with Crippen molar-refractivity contribution >= 4 is 51.1 Å². The molecule has 0 unspecified atom stereocenters. The third-order valence-corrected chi connectivity index (χ3v) is 6.46. The molecule has 1 aromatic heterocycles. The van der Waals surface area contributed by atoms with Crippen LogP contribution in [0.3, 0.4) is 0 Å². The van der Waals surface area contributed by atoms with Gasteiger partial charge < -0.3 is 9.47 Å². The van der Waals surface area contributed by atoms with Gasteiger partial charge in [-0.2, -0.15) is 5.10 Å². The number of hydrazone groups is 1. The Bertz CT molecular complexity index is 1360. The number of methoxy groups -OCH3 is 1. The SMILES string of the molecule is COc1cc(/C=N\NC(=O)c2ccc(C)cc2)ccc1OC(=O)c1sc2ccccc2c1Cl. The van der Waals surface area contributed by atoms with Gasteiger partial charge in [-0.25, -0.2) is 10.2 Å². The first-order valence-electron chi connectivity index (χ1n) is 9.93. The van der Waals surface area contributed by atoms with Crippen molar-refractivity contribution in [3.05, 3.63) is 93.3 Å². The van der Waals surface area contributed by atoms with Gasteiger partial charge in [0.2, 0.25) is 0 Å². The summed E-state index contributed by atoms with van der Waals surface area (Å²) in [6.45, 7) is 1.95. The fraction of sp³-hybridized carbons (Fsp3) is 0.0800. The second-order valence-corrected chi connectivity index (χ2v) is 8.54. The van der Waals surface area contributed by atoms with Crippen molar-refractivity contribution in [1.82, 2.24) is 5.43 Å². The molecular weight excluding hydrogens is 460 g/mol. The van der Waals surface area contributed by atoms with E-state index < -0.39 is 5.97 Å². The molecule has 0 atom stereocenters. The number of nitrogens with zero attached hydrogens (tertiary/aromatic N) is 1. The quantitative estimate of drug-likeness (QED) is 0.163. The van der Waals surface area contributed by atoms with E-state index in [2.05, 4.69) is 10.5 Å². The highest BCUT2D eigenvalue weighted by atomic mass is 35.5. The standard InChI is InChI=1S/C25H19ClN2O4S/c1-15-7-10-17(11-8-15)24(29)28-27-14-16-9-12-19(20(13-16)31-2)32-25(30)23-22(26)18-5-3-4-6-21(18)33-23/h3-14H,1-2H3,(H,28,29)/b27-14-. The van der Waals surface area contributed by atoms with Gasteiger partial charge in [0.25, 0.3) is 5.91 Å². The van der Waals surface area contributed by atoms with E-state index in [4.69, 9.17) is 21.1 Å². The number of rotatable bonds is 6. The molecule has 1 N–H and O–H groups in total. The summed E-state index contributed by atoms with van der Waals surface area (Å²) >= 11 is 7.65. The number of benzene rings is 3. The number of hydrogen-bond acceptors (Lipinski definition) is 6. The third kappa shape index (κ3) is 5.05. The Labute approximate surface area is 199 Å². The van der Waals surface area contributed by atoms with Crippen LogP contribution in [-0.2, 0) is 0 Å². The number of aryl methyl sites for hydroxylation is 1. The van der Waals surface area contributed by atoms with Crippen LogP contribution in [-0.4, -0.2) is 25.2 Å².